The number of nitrogens with zero attached hydrogens (tertiary/aromatic N) is 2. The van der Waals surface area contributed by atoms with Crippen LogP contribution < -0.4 is 10.2 Å². The first-order valence-electron chi connectivity index (χ1n) is 9.07. The van der Waals surface area contributed by atoms with Crippen molar-refractivity contribution < 1.29 is 9.53 Å². The molecule has 1 saturated heterocycles. The van der Waals surface area contributed by atoms with Gasteiger partial charge in [0.15, 0.2) is 0 Å². The van der Waals surface area contributed by atoms with Gasteiger partial charge in [-0.3, -0.25) is 4.79 Å². The molecule has 26 heavy (non-hydrogen) atoms. The molecule has 136 valence electrons. The summed E-state index contributed by atoms with van der Waals surface area (Å²) in [4.78, 5) is 18.7. The standard InChI is InChI=1S/C21H25N3O2/c1-2-17-3-5-18(6-4-17)8-10-21(25)23-16-19-7-9-20(22-15-19)24-11-13-26-14-12-24/h3-10,15H,2,11-14,16H2,1H3,(H,23,25). The van der Waals surface area contributed by atoms with Gasteiger partial charge in [-0.1, -0.05) is 37.3 Å². The molecule has 5 nitrogen and oxygen atoms in total. The number of ether oxygens (including phenoxy) is 1. The van der Waals surface area contributed by atoms with Crippen LogP contribution in [0.4, 0.5) is 5.82 Å². The van der Waals surface area contributed by atoms with Crippen LogP contribution >= 0.6 is 0 Å². The van der Waals surface area contributed by atoms with Crippen molar-refractivity contribution in [3.05, 3.63) is 65.4 Å². The van der Waals surface area contributed by atoms with Gasteiger partial charge in [-0.2, -0.15) is 0 Å². The van der Waals surface area contributed by atoms with Crippen LogP contribution in [-0.2, 0) is 22.5 Å². The van der Waals surface area contributed by atoms with Crippen molar-refractivity contribution in [1.29, 1.82) is 0 Å². The lowest BCUT2D eigenvalue weighted by molar-refractivity contribution is -0.116. The second kappa shape index (κ2) is 9.15. The second-order valence-corrected chi connectivity index (χ2v) is 6.27. The number of anilines is 1. The molecule has 2 aromatic rings. The zero-order chi connectivity index (χ0) is 18.2. The van der Waals surface area contributed by atoms with Crippen LogP contribution in [0.25, 0.3) is 6.08 Å². The van der Waals surface area contributed by atoms with Gasteiger partial charge in [-0.25, -0.2) is 4.98 Å². The number of pyridine rings is 1. The minimum Gasteiger partial charge on any atom is -0.378 e. The van der Waals surface area contributed by atoms with Crippen molar-refractivity contribution in [3.63, 3.8) is 0 Å². The molecule has 3 rings (SSSR count). The van der Waals surface area contributed by atoms with E-state index in [4.69, 9.17) is 4.74 Å². The third-order valence-corrected chi connectivity index (χ3v) is 4.43. The Balaban J connectivity index is 1.48. The molecule has 0 atom stereocenters. The Bertz CT molecular complexity index is 733. The molecule has 0 spiro atoms. The fourth-order valence-corrected chi connectivity index (χ4v) is 2.79. The van der Waals surface area contributed by atoms with Crippen LogP contribution in [0.3, 0.4) is 0 Å². The largest absolute Gasteiger partial charge is 0.378 e. The first-order valence-corrected chi connectivity index (χ1v) is 9.07. The number of carbonyl (C=O) groups is 1. The summed E-state index contributed by atoms with van der Waals surface area (Å²) in [5, 5.41) is 2.89. The maximum absolute atomic E-state index is 12.0. The first-order chi connectivity index (χ1) is 12.7. The van der Waals surface area contributed by atoms with Crippen molar-refractivity contribution >= 4 is 17.8 Å². The molecule has 0 aliphatic carbocycles. The van der Waals surface area contributed by atoms with Gasteiger partial charge in [-0.05, 0) is 35.3 Å². The molecule has 5 heteroatoms. The van der Waals surface area contributed by atoms with E-state index in [0.29, 0.717) is 6.54 Å². The smallest absolute Gasteiger partial charge is 0.244 e. The average molecular weight is 351 g/mol. The van der Waals surface area contributed by atoms with E-state index >= 15 is 0 Å². The number of hydrogen-bond acceptors (Lipinski definition) is 4. The summed E-state index contributed by atoms with van der Waals surface area (Å²) in [7, 11) is 0. The van der Waals surface area contributed by atoms with Crippen LogP contribution in [0.2, 0.25) is 0 Å². The van der Waals surface area contributed by atoms with Gasteiger partial charge in [0.1, 0.15) is 5.82 Å². The second-order valence-electron chi connectivity index (χ2n) is 6.27. The maximum Gasteiger partial charge on any atom is 0.244 e. The normalized spacial score (nSPS) is 14.6. The summed E-state index contributed by atoms with van der Waals surface area (Å²) in [6, 6.07) is 12.2. The molecule has 1 amide bonds. The fraction of sp³-hybridized carbons (Fsp3) is 0.333. The lowest BCUT2D eigenvalue weighted by atomic mass is 10.1. The van der Waals surface area contributed by atoms with Gasteiger partial charge in [0, 0.05) is 31.9 Å². The van der Waals surface area contributed by atoms with Crippen molar-refractivity contribution in [3.8, 4) is 0 Å². The van der Waals surface area contributed by atoms with E-state index in [1.54, 1.807) is 6.08 Å². The van der Waals surface area contributed by atoms with Crippen molar-refractivity contribution in [1.82, 2.24) is 10.3 Å². The number of benzene rings is 1. The molecule has 0 bridgehead atoms. The number of nitrogens with one attached hydrogen (secondary N) is 1. The van der Waals surface area contributed by atoms with Gasteiger partial charge >= 0.3 is 0 Å². The summed E-state index contributed by atoms with van der Waals surface area (Å²) in [5.41, 5.74) is 3.30. The van der Waals surface area contributed by atoms with Crippen molar-refractivity contribution in [2.24, 2.45) is 0 Å². The molecule has 1 aliphatic heterocycles. The van der Waals surface area contributed by atoms with Gasteiger partial charge in [0.25, 0.3) is 0 Å². The van der Waals surface area contributed by atoms with Crippen LogP contribution in [-0.4, -0.2) is 37.2 Å². The molecular weight excluding hydrogens is 326 g/mol. The predicted octanol–water partition coefficient (Wildman–Crippen LogP) is 2.81. The molecule has 2 heterocycles. The minimum atomic E-state index is -0.109. The van der Waals surface area contributed by atoms with Crippen molar-refractivity contribution in [2.45, 2.75) is 19.9 Å². The monoisotopic (exact) mass is 351 g/mol. The van der Waals surface area contributed by atoms with Gasteiger partial charge < -0.3 is 15.0 Å². The molecule has 0 radical (unpaired) electrons. The Morgan fingerprint density at radius 3 is 2.54 bits per heavy atom. The number of hydrogen-bond donors (Lipinski definition) is 1. The van der Waals surface area contributed by atoms with Crippen LogP contribution in [0.1, 0.15) is 23.6 Å². The topological polar surface area (TPSA) is 54.5 Å². The SMILES string of the molecule is CCc1ccc(C=CC(=O)NCc2ccc(N3CCOCC3)nc2)cc1. The highest BCUT2D eigenvalue weighted by Gasteiger charge is 2.11. The number of rotatable bonds is 6. The number of aromatic nitrogens is 1. The molecule has 1 N–H and O–H groups in total. The highest BCUT2D eigenvalue weighted by atomic mass is 16.5. The third-order valence-electron chi connectivity index (χ3n) is 4.43. The third kappa shape index (κ3) is 5.17. The van der Waals surface area contributed by atoms with E-state index in [-0.39, 0.29) is 5.91 Å². The Hall–Kier alpha value is -2.66. The number of carbonyl (C=O) groups excluding carboxylic acids is 1. The van der Waals surface area contributed by atoms with E-state index in [1.807, 2.05) is 36.5 Å². The summed E-state index contributed by atoms with van der Waals surface area (Å²) in [6.07, 6.45) is 6.23. The number of amides is 1. The van der Waals surface area contributed by atoms with Crippen LogP contribution in [0, 0.1) is 0 Å². The van der Waals surface area contributed by atoms with Gasteiger partial charge in [0.2, 0.25) is 5.91 Å². The molecule has 1 aliphatic rings. The van der Waals surface area contributed by atoms with E-state index in [2.05, 4.69) is 34.3 Å². The summed E-state index contributed by atoms with van der Waals surface area (Å²) in [5.74, 6) is 0.848. The Labute approximate surface area is 154 Å². The minimum absolute atomic E-state index is 0.109. The highest BCUT2D eigenvalue weighted by molar-refractivity contribution is 5.91. The lowest BCUT2D eigenvalue weighted by Crippen LogP contribution is -2.36. The van der Waals surface area contributed by atoms with E-state index in [0.717, 1.165) is 49.7 Å². The fourth-order valence-electron chi connectivity index (χ4n) is 2.79. The molecular formula is C21H25N3O2. The maximum atomic E-state index is 12.0. The number of morpholine rings is 1. The zero-order valence-electron chi connectivity index (χ0n) is 15.1. The predicted molar refractivity (Wildman–Crippen MR) is 104 cm³/mol. The van der Waals surface area contributed by atoms with Crippen molar-refractivity contribution in [2.75, 3.05) is 31.2 Å². The molecule has 0 unspecified atom stereocenters. The summed E-state index contributed by atoms with van der Waals surface area (Å²) < 4.78 is 5.35. The molecule has 1 aromatic heterocycles. The Kier molecular flexibility index (Phi) is 6.39. The van der Waals surface area contributed by atoms with Crippen LogP contribution in [0.15, 0.2) is 48.7 Å². The molecule has 1 fully saturated rings. The number of aryl methyl sites for hydroxylation is 1. The quantitative estimate of drug-likeness (QED) is 0.813. The molecule has 1 aromatic carbocycles. The van der Waals surface area contributed by atoms with E-state index < -0.39 is 0 Å². The van der Waals surface area contributed by atoms with Gasteiger partial charge in [0.05, 0.1) is 13.2 Å². The highest BCUT2D eigenvalue weighted by Crippen LogP contribution is 2.13. The van der Waals surface area contributed by atoms with Crippen LogP contribution in [0.5, 0.6) is 0 Å². The average Bonchev–Trinajstić information content (AvgIpc) is 2.72. The van der Waals surface area contributed by atoms with Gasteiger partial charge in [-0.15, -0.1) is 0 Å². The Morgan fingerprint density at radius 1 is 1.15 bits per heavy atom. The zero-order valence-corrected chi connectivity index (χ0v) is 15.1. The first kappa shape index (κ1) is 18.1. The summed E-state index contributed by atoms with van der Waals surface area (Å²) in [6.45, 7) is 5.81. The van der Waals surface area contributed by atoms with E-state index in [9.17, 15) is 4.79 Å². The van der Waals surface area contributed by atoms with E-state index in [1.165, 1.54) is 5.56 Å². The lowest BCUT2D eigenvalue weighted by Gasteiger charge is -2.27. The molecule has 0 saturated carbocycles. The Morgan fingerprint density at radius 2 is 1.88 bits per heavy atom. The summed E-state index contributed by atoms with van der Waals surface area (Å²) >= 11 is 0.